The Morgan fingerprint density at radius 1 is 1.05 bits per heavy atom. The van der Waals surface area contributed by atoms with Gasteiger partial charge in [0.05, 0.1) is 36.6 Å². The number of piperidine rings is 1. The second-order valence-electron chi connectivity index (χ2n) is 12.6. The molecule has 7 nitrogen and oxygen atoms in total. The number of benzene rings is 2. The van der Waals surface area contributed by atoms with Gasteiger partial charge in [0, 0.05) is 36.3 Å². The van der Waals surface area contributed by atoms with Gasteiger partial charge < -0.3 is 25.0 Å². The van der Waals surface area contributed by atoms with Gasteiger partial charge in [-0.25, -0.2) is 4.39 Å². The molecule has 1 aliphatic heterocycles. The third-order valence-electron chi connectivity index (χ3n) is 7.18. The second kappa shape index (κ2) is 14.1. The van der Waals surface area contributed by atoms with Crippen LogP contribution in [0.2, 0.25) is 0 Å². The maximum Gasteiger partial charge on any atom is 0.307 e. The molecule has 1 aromatic heterocycles. The van der Waals surface area contributed by atoms with Crippen molar-refractivity contribution >= 4 is 11.7 Å². The summed E-state index contributed by atoms with van der Waals surface area (Å²) in [5, 5.41) is 28.4. The fourth-order valence-electron chi connectivity index (χ4n) is 4.91. The first-order valence-electron chi connectivity index (χ1n) is 14.5. The molecule has 2 aromatic carbocycles. The summed E-state index contributed by atoms with van der Waals surface area (Å²) in [5.74, 6) is -0.466. The van der Waals surface area contributed by atoms with E-state index in [-0.39, 0.29) is 24.3 Å². The van der Waals surface area contributed by atoms with Crippen molar-refractivity contribution in [1.29, 1.82) is 0 Å². The minimum atomic E-state index is -0.906. The average Bonchev–Trinajstić information content (AvgIpc) is 2.90. The predicted octanol–water partition coefficient (Wildman–Crippen LogP) is 6.34. The van der Waals surface area contributed by atoms with Gasteiger partial charge in [-0.1, -0.05) is 38.1 Å². The molecule has 0 unspecified atom stereocenters. The molecule has 0 saturated carbocycles. The largest absolute Gasteiger partial charge is 0.493 e. The van der Waals surface area contributed by atoms with Crippen LogP contribution in [0.5, 0.6) is 5.75 Å². The number of aliphatic hydroxyl groups is 2. The van der Waals surface area contributed by atoms with Crippen LogP contribution in [0.4, 0.5) is 10.1 Å². The van der Waals surface area contributed by atoms with E-state index >= 15 is 0 Å². The highest BCUT2D eigenvalue weighted by atomic mass is 19.1. The molecular weight excluding hydrogens is 535 g/mol. The van der Waals surface area contributed by atoms with E-state index < -0.39 is 11.6 Å². The van der Waals surface area contributed by atoms with Crippen molar-refractivity contribution in [3.05, 3.63) is 76.9 Å². The summed E-state index contributed by atoms with van der Waals surface area (Å²) in [5.41, 5.74) is 5.09. The van der Waals surface area contributed by atoms with E-state index in [0.29, 0.717) is 35.7 Å². The molecule has 3 N–H and O–H groups in total. The Morgan fingerprint density at radius 3 is 2.14 bits per heavy atom. The summed E-state index contributed by atoms with van der Waals surface area (Å²) in [4.78, 5) is 18.7. The maximum absolute atomic E-state index is 13.1. The number of aliphatic carboxylic acids is 1. The molecule has 1 saturated heterocycles. The Kier molecular flexibility index (Phi) is 11.1. The number of pyridine rings is 1. The zero-order chi connectivity index (χ0) is 31.1. The monoisotopic (exact) mass is 580 g/mol. The molecule has 0 amide bonds. The number of hydrogen-bond donors (Lipinski definition) is 3. The Morgan fingerprint density at radius 2 is 1.62 bits per heavy atom. The molecule has 8 heteroatoms. The van der Waals surface area contributed by atoms with E-state index in [0.717, 1.165) is 48.3 Å². The van der Waals surface area contributed by atoms with Gasteiger partial charge in [0.2, 0.25) is 0 Å². The number of anilines is 1. The quantitative estimate of drug-likeness (QED) is 0.271. The van der Waals surface area contributed by atoms with Crippen molar-refractivity contribution in [1.82, 2.24) is 4.98 Å². The van der Waals surface area contributed by atoms with Crippen molar-refractivity contribution in [3.63, 3.8) is 0 Å². The summed E-state index contributed by atoms with van der Waals surface area (Å²) in [7, 11) is 0. The van der Waals surface area contributed by atoms with Crippen molar-refractivity contribution in [2.45, 2.75) is 79.4 Å². The molecule has 1 fully saturated rings. The first-order chi connectivity index (χ1) is 19.7. The number of nitrogens with zero attached hydrogens (tertiary/aromatic N) is 2. The molecule has 0 atom stereocenters. The summed E-state index contributed by atoms with van der Waals surface area (Å²) in [6, 6.07) is 14.0. The topological polar surface area (TPSA) is 103 Å². The number of hydrogen-bond acceptors (Lipinski definition) is 6. The first-order valence-corrected chi connectivity index (χ1v) is 14.5. The van der Waals surface area contributed by atoms with E-state index in [1.165, 1.54) is 12.1 Å². The van der Waals surface area contributed by atoms with Crippen LogP contribution in [0.3, 0.4) is 0 Å². The molecule has 1 aliphatic rings. The van der Waals surface area contributed by atoms with E-state index in [4.69, 9.17) is 9.84 Å². The van der Waals surface area contributed by atoms with Crippen LogP contribution in [0, 0.1) is 18.2 Å². The lowest BCUT2D eigenvalue weighted by atomic mass is 9.82. The van der Waals surface area contributed by atoms with Crippen LogP contribution in [-0.4, -0.2) is 51.6 Å². The molecule has 0 spiro atoms. The SMILES string of the molecule is CC(C)(C)O.Cc1nc(CO)c(-c2ccc(OCCc3ccc(F)cc3)cc2)c(N2CCC(C)(C)CC2)c1CC(=O)O. The number of carbonyl (C=O) groups is 1. The van der Waals surface area contributed by atoms with Crippen molar-refractivity contribution in [2.24, 2.45) is 5.41 Å². The van der Waals surface area contributed by atoms with Gasteiger partial charge in [0.25, 0.3) is 0 Å². The van der Waals surface area contributed by atoms with Crippen LogP contribution in [0.1, 0.15) is 70.0 Å². The smallest absolute Gasteiger partial charge is 0.307 e. The fraction of sp³-hybridized carbons (Fsp3) is 0.471. The summed E-state index contributed by atoms with van der Waals surface area (Å²) >= 11 is 0. The van der Waals surface area contributed by atoms with Crippen LogP contribution in [0.25, 0.3) is 11.1 Å². The Hall–Kier alpha value is -3.49. The van der Waals surface area contributed by atoms with Crippen LogP contribution >= 0.6 is 0 Å². The number of halogens is 1. The molecule has 2 heterocycles. The standard InChI is InChI=1S/C30H35FN2O4.C4H10O/c1-20-25(18-27(35)36)29(33-15-13-30(2,3)14-16-33)28(26(19-34)32-20)22-6-10-24(11-7-22)37-17-12-21-4-8-23(31)9-5-21;1-4(2,3)5/h4-11,34H,12-19H2,1-3H3,(H,35,36);5H,1-3H3. The van der Waals surface area contributed by atoms with E-state index in [2.05, 4.69) is 23.7 Å². The maximum atomic E-state index is 13.1. The summed E-state index contributed by atoms with van der Waals surface area (Å²) < 4.78 is 19.0. The van der Waals surface area contributed by atoms with E-state index in [1.54, 1.807) is 32.9 Å². The summed E-state index contributed by atoms with van der Waals surface area (Å²) in [6.45, 7) is 13.4. The van der Waals surface area contributed by atoms with Crippen molar-refractivity contribution in [2.75, 3.05) is 24.6 Å². The minimum absolute atomic E-state index is 0.128. The van der Waals surface area contributed by atoms with E-state index in [9.17, 15) is 19.4 Å². The van der Waals surface area contributed by atoms with Crippen LogP contribution < -0.4 is 9.64 Å². The average molecular weight is 581 g/mol. The molecule has 42 heavy (non-hydrogen) atoms. The predicted molar refractivity (Wildman–Crippen MR) is 164 cm³/mol. The summed E-state index contributed by atoms with van der Waals surface area (Å²) in [6.07, 6.45) is 2.52. The molecule has 4 rings (SSSR count). The highest BCUT2D eigenvalue weighted by Gasteiger charge is 2.30. The number of carboxylic acid groups (broad SMARTS) is 1. The molecule has 0 bridgehead atoms. The van der Waals surface area contributed by atoms with Gasteiger partial charge in [-0.15, -0.1) is 0 Å². The first kappa shape index (κ1) is 33.0. The zero-order valence-corrected chi connectivity index (χ0v) is 25.7. The Labute approximate surface area is 249 Å². The van der Waals surface area contributed by atoms with Gasteiger partial charge in [-0.05, 0) is 81.3 Å². The number of aryl methyl sites for hydroxylation is 1. The third-order valence-corrected chi connectivity index (χ3v) is 7.18. The molecule has 0 radical (unpaired) electrons. The lowest BCUT2D eigenvalue weighted by Crippen LogP contribution is -2.38. The van der Waals surface area contributed by atoms with Crippen LogP contribution in [0.15, 0.2) is 48.5 Å². The number of aromatic nitrogens is 1. The number of aliphatic hydroxyl groups excluding tert-OH is 1. The lowest BCUT2D eigenvalue weighted by Gasteiger charge is -2.40. The van der Waals surface area contributed by atoms with Crippen molar-refractivity contribution in [3.8, 4) is 16.9 Å². The number of rotatable bonds is 9. The molecule has 228 valence electrons. The normalized spacial score (nSPS) is 14.6. The molecule has 3 aromatic rings. The van der Waals surface area contributed by atoms with Gasteiger partial charge in [0.15, 0.2) is 0 Å². The van der Waals surface area contributed by atoms with Gasteiger partial charge in [-0.2, -0.15) is 0 Å². The number of ether oxygens (including phenoxy) is 1. The number of carboxylic acids is 1. The van der Waals surface area contributed by atoms with Gasteiger partial charge >= 0.3 is 5.97 Å². The third kappa shape index (κ3) is 9.81. The Bertz CT molecular complexity index is 1320. The second-order valence-corrected chi connectivity index (χ2v) is 12.6. The minimum Gasteiger partial charge on any atom is -0.493 e. The molecule has 0 aliphatic carbocycles. The lowest BCUT2D eigenvalue weighted by molar-refractivity contribution is -0.136. The van der Waals surface area contributed by atoms with Crippen LogP contribution in [-0.2, 0) is 24.2 Å². The fourth-order valence-corrected chi connectivity index (χ4v) is 4.91. The Balaban J connectivity index is 0.000000892. The van der Waals surface area contributed by atoms with Gasteiger partial charge in [-0.3, -0.25) is 9.78 Å². The molecular formula is C34H45FN2O5. The zero-order valence-electron chi connectivity index (χ0n) is 25.7. The van der Waals surface area contributed by atoms with Crippen molar-refractivity contribution < 1.29 is 29.2 Å². The van der Waals surface area contributed by atoms with E-state index in [1.807, 2.05) is 31.2 Å². The highest BCUT2D eigenvalue weighted by Crippen LogP contribution is 2.42. The van der Waals surface area contributed by atoms with Gasteiger partial charge in [0.1, 0.15) is 11.6 Å². The highest BCUT2D eigenvalue weighted by molar-refractivity contribution is 5.86.